The van der Waals surface area contributed by atoms with E-state index in [9.17, 15) is 9.59 Å². The van der Waals surface area contributed by atoms with Crippen LogP contribution in [0.3, 0.4) is 0 Å². The number of nitrogens with two attached hydrogens (primary N) is 1. The van der Waals surface area contributed by atoms with Gasteiger partial charge in [0.05, 0.1) is 0 Å². The lowest BCUT2D eigenvalue weighted by atomic mass is 9.94. The second-order valence-corrected chi connectivity index (χ2v) is 5.68. The third kappa shape index (κ3) is 4.59. The summed E-state index contributed by atoms with van der Waals surface area (Å²) in [5.41, 5.74) is 7.18. The summed E-state index contributed by atoms with van der Waals surface area (Å²) < 4.78 is 0. The summed E-state index contributed by atoms with van der Waals surface area (Å²) in [6, 6.07) is 6.93. The smallest absolute Gasteiger partial charge is 0.321 e. The number of carbonyl (C=O) groups is 2. The molecular weight excluding hydrogens is 316 g/mol. The first kappa shape index (κ1) is 19.3. The molecule has 1 fully saturated rings. The van der Waals surface area contributed by atoms with Crippen molar-refractivity contribution in [3.05, 3.63) is 29.8 Å². The summed E-state index contributed by atoms with van der Waals surface area (Å²) in [6.07, 6.45) is 1.62. The molecule has 1 aromatic carbocycles. The molecular formula is C16H25ClN4O2. The van der Waals surface area contributed by atoms with E-state index >= 15 is 0 Å². The van der Waals surface area contributed by atoms with Crippen molar-refractivity contribution in [2.75, 3.05) is 24.5 Å². The van der Waals surface area contributed by atoms with Gasteiger partial charge in [-0.05, 0) is 37.1 Å². The van der Waals surface area contributed by atoms with Crippen LogP contribution in [0, 0.1) is 0 Å². The molecule has 3 amide bonds. The van der Waals surface area contributed by atoms with Crippen LogP contribution in [0.1, 0.15) is 37.0 Å². The number of nitrogens with one attached hydrogen (secondary N) is 2. The fraction of sp³-hybridized carbons (Fsp3) is 0.500. The summed E-state index contributed by atoms with van der Waals surface area (Å²) in [4.78, 5) is 25.4. The highest BCUT2D eigenvalue weighted by Gasteiger charge is 2.22. The van der Waals surface area contributed by atoms with Gasteiger partial charge in [0.15, 0.2) is 0 Å². The van der Waals surface area contributed by atoms with Crippen molar-refractivity contribution in [1.82, 2.24) is 10.6 Å². The molecule has 1 aliphatic rings. The zero-order chi connectivity index (χ0) is 16.2. The van der Waals surface area contributed by atoms with Gasteiger partial charge < -0.3 is 16.4 Å². The van der Waals surface area contributed by atoms with E-state index < -0.39 is 0 Å². The van der Waals surface area contributed by atoms with Gasteiger partial charge in [0, 0.05) is 36.4 Å². The minimum absolute atomic E-state index is 0. The van der Waals surface area contributed by atoms with Crippen molar-refractivity contribution in [2.45, 2.75) is 32.2 Å². The highest BCUT2D eigenvalue weighted by atomic mass is 35.5. The Bertz CT molecular complexity index is 544. The predicted molar refractivity (Wildman–Crippen MR) is 94.3 cm³/mol. The maximum Gasteiger partial charge on any atom is 0.321 e. The van der Waals surface area contributed by atoms with Crippen molar-refractivity contribution < 1.29 is 9.59 Å². The first-order valence-corrected chi connectivity index (χ1v) is 7.71. The molecule has 0 bridgehead atoms. The van der Waals surface area contributed by atoms with Crippen molar-refractivity contribution in [3.63, 3.8) is 0 Å². The normalized spacial score (nSPS) is 14.2. The number of urea groups is 1. The van der Waals surface area contributed by atoms with E-state index in [1.54, 1.807) is 29.2 Å². The van der Waals surface area contributed by atoms with Crippen molar-refractivity contribution in [1.29, 1.82) is 0 Å². The second kappa shape index (κ2) is 8.17. The van der Waals surface area contributed by atoms with E-state index in [1.165, 1.54) is 0 Å². The Morgan fingerprint density at radius 2 is 1.91 bits per heavy atom. The maximum atomic E-state index is 12.2. The molecule has 128 valence electrons. The van der Waals surface area contributed by atoms with Crippen LogP contribution in [-0.2, 0) is 0 Å². The lowest BCUT2D eigenvalue weighted by molar-refractivity contribution is 0.0942. The molecule has 0 radical (unpaired) electrons. The summed E-state index contributed by atoms with van der Waals surface area (Å²) in [6.45, 7) is 5.78. The van der Waals surface area contributed by atoms with Crippen LogP contribution in [0.2, 0.25) is 0 Å². The summed E-state index contributed by atoms with van der Waals surface area (Å²) >= 11 is 0. The van der Waals surface area contributed by atoms with E-state index in [2.05, 4.69) is 10.6 Å². The Morgan fingerprint density at radius 3 is 2.39 bits per heavy atom. The van der Waals surface area contributed by atoms with Gasteiger partial charge in [-0.25, -0.2) is 4.79 Å². The molecule has 1 heterocycles. The van der Waals surface area contributed by atoms with Crippen LogP contribution in [0.25, 0.3) is 0 Å². The van der Waals surface area contributed by atoms with Crippen LogP contribution in [-0.4, -0.2) is 37.1 Å². The number of rotatable bonds is 6. The molecule has 0 aromatic heterocycles. The lowest BCUT2D eigenvalue weighted by Crippen LogP contribution is -2.49. The third-order valence-corrected chi connectivity index (χ3v) is 4.31. The Kier molecular flexibility index (Phi) is 6.84. The van der Waals surface area contributed by atoms with Gasteiger partial charge in [-0.2, -0.15) is 0 Å². The Hall–Kier alpha value is -1.79. The van der Waals surface area contributed by atoms with Gasteiger partial charge in [0.25, 0.3) is 5.91 Å². The molecule has 0 spiro atoms. The van der Waals surface area contributed by atoms with E-state index in [4.69, 9.17) is 5.73 Å². The Morgan fingerprint density at radius 1 is 1.30 bits per heavy atom. The number of amides is 3. The Labute approximate surface area is 143 Å². The number of halogens is 1. The number of benzene rings is 1. The van der Waals surface area contributed by atoms with Gasteiger partial charge in [-0.1, -0.05) is 13.8 Å². The van der Waals surface area contributed by atoms with Crippen LogP contribution in [0.15, 0.2) is 24.3 Å². The lowest BCUT2D eigenvalue weighted by Gasteiger charge is -2.26. The monoisotopic (exact) mass is 340 g/mol. The quantitative estimate of drug-likeness (QED) is 0.739. The average molecular weight is 341 g/mol. The zero-order valence-corrected chi connectivity index (χ0v) is 14.4. The largest absolute Gasteiger partial charge is 0.350 e. The number of hydrogen-bond acceptors (Lipinski definition) is 3. The first-order valence-electron chi connectivity index (χ1n) is 7.71. The summed E-state index contributed by atoms with van der Waals surface area (Å²) in [7, 11) is 0. The molecule has 4 N–H and O–H groups in total. The second-order valence-electron chi connectivity index (χ2n) is 5.68. The number of nitrogens with zero attached hydrogens (tertiary/aromatic N) is 1. The van der Waals surface area contributed by atoms with Gasteiger partial charge in [0.2, 0.25) is 0 Å². The maximum absolute atomic E-state index is 12.2. The van der Waals surface area contributed by atoms with E-state index in [0.29, 0.717) is 25.2 Å². The average Bonchev–Trinajstić information content (AvgIpc) is 2.98. The predicted octanol–water partition coefficient (Wildman–Crippen LogP) is 1.89. The van der Waals surface area contributed by atoms with Crippen molar-refractivity contribution in [2.24, 2.45) is 5.73 Å². The van der Waals surface area contributed by atoms with Crippen molar-refractivity contribution >= 4 is 30.0 Å². The number of hydrogen-bond donors (Lipinski definition) is 3. The van der Waals surface area contributed by atoms with E-state index in [0.717, 1.165) is 18.5 Å². The number of carbonyl (C=O) groups excluding carboxylic acids is 2. The highest BCUT2D eigenvalue weighted by Crippen LogP contribution is 2.17. The molecule has 1 aliphatic heterocycles. The summed E-state index contributed by atoms with van der Waals surface area (Å²) in [5, 5.41) is 5.63. The van der Waals surface area contributed by atoms with Crippen LogP contribution >= 0.6 is 12.4 Å². The van der Waals surface area contributed by atoms with Crippen LogP contribution < -0.4 is 21.3 Å². The van der Waals surface area contributed by atoms with Gasteiger partial charge in [-0.3, -0.25) is 9.69 Å². The zero-order valence-electron chi connectivity index (χ0n) is 13.6. The standard InChI is InChI=1S/C16H24N4O2.ClH/c1-3-16(17,4-2)11-19-14(21)12-5-7-13(8-6-12)20-10-9-18-15(20)22;/h5-8H,3-4,9-11,17H2,1-2H3,(H,18,22)(H,19,21);1H. The van der Waals surface area contributed by atoms with E-state index in [1.807, 2.05) is 13.8 Å². The fourth-order valence-electron chi connectivity index (χ4n) is 2.37. The van der Waals surface area contributed by atoms with E-state index in [-0.39, 0.29) is 29.9 Å². The molecule has 23 heavy (non-hydrogen) atoms. The molecule has 1 aromatic rings. The molecule has 1 saturated heterocycles. The molecule has 2 rings (SSSR count). The topological polar surface area (TPSA) is 87.5 Å². The molecule has 0 saturated carbocycles. The minimum atomic E-state index is -0.358. The van der Waals surface area contributed by atoms with Gasteiger partial charge in [0.1, 0.15) is 0 Å². The Balaban J connectivity index is 0.00000264. The minimum Gasteiger partial charge on any atom is -0.350 e. The fourth-order valence-corrected chi connectivity index (χ4v) is 2.37. The van der Waals surface area contributed by atoms with Gasteiger partial charge >= 0.3 is 6.03 Å². The van der Waals surface area contributed by atoms with Gasteiger partial charge in [-0.15, -0.1) is 12.4 Å². The summed E-state index contributed by atoms with van der Waals surface area (Å²) in [5.74, 6) is -0.144. The molecule has 0 aliphatic carbocycles. The molecule has 0 atom stereocenters. The van der Waals surface area contributed by atoms with Crippen LogP contribution in [0.5, 0.6) is 0 Å². The van der Waals surface area contributed by atoms with Crippen molar-refractivity contribution in [3.8, 4) is 0 Å². The number of anilines is 1. The highest BCUT2D eigenvalue weighted by molar-refractivity contribution is 5.97. The van der Waals surface area contributed by atoms with Crippen LogP contribution in [0.4, 0.5) is 10.5 Å². The third-order valence-electron chi connectivity index (χ3n) is 4.31. The molecule has 6 nitrogen and oxygen atoms in total. The first-order chi connectivity index (χ1) is 10.5. The SMILES string of the molecule is CCC(N)(CC)CNC(=O)c1ccc(N2CCNC2=O)cc1.Cl. The molecule has 7 heteroatoms. The molecule has 0 unspecified atom stereocenters.